The Kier molecular flexibility index (Phi) is 17.4. The fourth-order valence-electron chi connectivity index (χ4n) is 2.23. The van der Waals surface area contributed by atoms with Gasteiger partial charge in [-0.3, -0.25) is 9.69 Å². The molecule has 0 aromatic heterocycles. The molecule has 0 aromatic carbocycles. The van der Waals surface area contributed by atoms with Crippen molar-refractivity contribution in [2.45, 2.75) is 84.1 Å². The van der Waals surface area contributed by atoms with Gasteiger partial charge in [0.25, 0.3) is 0 Å². The summed E-state index contributed by atoms with van der Waals surface area (Å²) >= 11 is 0. The molecule has 122 valence electrons. The smallest absolute Gasteiger partial charge is 0.320 e. The van der Waals surface area contributed by atoms with E-state index in [9.17, 15) is 4.79 Å². The quantitative estimate of drug-likeness (QED) is 0.353. The van der Waals surface area contributed by atoms with Crippen LogP contribution in [0.4, 0.5) is 0 Å². The van der Waals surface area contributed by atoms with Gasteiger partial charge in [0.2, 0.25) is 0 Å². The van der Waals surface area contributed by atoms with Crippen molar-refractivity contribution >= 4 is 29.9 Å². The van der Waals surface area contributed by atoms with Crippen LogP contribution in [0, 0.1) is 0 Å². The number of likely N-dealkylation sites (N-methyl/N-ethyl adjacent to an activating group) is 1. The number of unbranched alkanes of at least 4 members (excludes halogenated alkanes) is 9. The van der Waals surface area contributed by atoms with Crippen molar-refractivity contribution < 1.29 is 9.90 Å². The van der Waals surface area contributed by atoms with E-state index in [2.05, 4.69) is 6.92 Å². The number of halogens is 1. The monoisotopic (exact) mass is 399 g/mol. The van der Waals surface area contributed by atoms with Crippen LogP contribution >= 0.6 is 24.0 Å². The van der Waals surface area contributed by atoms with E-state index in [0.717, 1.165) is 13.0 Å². The highest BCUT2D eigenvalue weighted by Gasteiger charge is 2.15. The molecule has 0 aliphatic rings. The van der Waals surface area contributed by atoms with Crippen LogP contribution in [0.5, 0.6) is 0 Å². The summed E-state index contributed by atoms with van der Waals surface area (Å²) in [4.78, 5) is 12.7. The molecule has 0 saturated carbocycles. The van der Waals surface area contributed by atoms with E-state index < -0.39 is 5.97 Å². The van der Waals surface area contributed by atoms with Crippen molar-refractivity contribution in [3.8, 4) is 0 Å². The van der Waals surface area contributed by atoms with Gasteiger partial charge in [-0.05, 0) is 26.9 Å². The van der Waals surface area contributed by atoms with E-state index in [1.165, 1.54) is 57.8 Å². The maximum Gasteiger partial charge on any atom is 0.320 e. The molecule has 0 saturated heterocycles. The molecule has 0 rings (SSSR count). The van der Waals surface area contributed by atoms with E-state index in [1.54, 1.807) is 6.92 Å². The molecule has 0 amide bonds. The molecule has 0 aromatic rings. The molecule has 20 heavy (non-hydrogen) atoms. The summed E-state index contributed by atoms with van der Waals surface area (Å²) in [5.74, 6) is -0.727. The van der Waals surface area contributed by atoms with Gasteiger partial charge in [0.15, 0.2) is 0 Å². The van der Waals surface area contributed by atoms with Crippen molar-refractivity contribution in [2.24, 2.45) is 0 Å². The fourth-order valence-corrected chi connectivity index (χ4v) is 2.23. The minimum absolute atomic E-state index is 0. The van der Waals surface area contributed by atoms with Crippen molar-refractivity contribution in [1.29, 1.82) is 0 Å². The van der Waals surface area contributed by atoms with Gasteiger partial charge in [-0.1, -0.05) is 64.7 Å². The summed E-state index contributed by atoms with van der Waals surface area (Å²) in [6.45, 7) is 4.89. The zero-order chi connectivity index (χ0) is 14.5. The molecule has 0 fully saturated rings. The number of carboxylic acid groups (broad SMARTS) is 1. The maximum atomic E-state index is 10.8. The van der Waals surface area contributed by atoms with Gasteiger partial charge in [-0.15, -0.1) is 24.0 Å². The Balaban J connectivity index is 0. The first-order valence-electron chi connectivity index (χ1n) is 8.02. The molecule has 0 spiro atoms. The standard InChI is InChI=1S/C16H33NO2.HI/c1-4-5-6-7-8-9-10-11-12-13-14-17(3)15(2)16(18)19;/h15H,4-14H2,1-3H3,(H,18,19);1H. The van der Waals surface area contributed by atoms with Crippen LogP contribution < -0.4 is 0 Å². The van der Waals surface area contributed by atoms with E-state index in [4.69, 9.17) is 5.11 Å². The molecule has 0 aliphatic carbocycles. The van der Waals surface area contributed by atoms with Gasteiger partial charge < -0.3 is 5.11 Å². The second-order valence-corrected chi connectivity index (χ2v) is 5.68. The summed E-state index contributed by atoms with van der Waals surface area (Å²) in [5, 5.41) is 8.87. The Labute approximate surface area is 142 Å². The third-order valence-electron chi connectivity index (χ3n) is 3.88. The minimum atomic E-state index is -0.727. The SMILES string of the molecule is CCCCCCCCCCCCN(C)C(C)C(=O)O.I. The second-order valence-electron chi connectivity index (χ2n) is 5.68. The number of carbonyl (C=O) groups is 1. The van der Waals surface area contributed by atoms with Crippen molar-refractivity contribution in [1.82, 2.24) is 4.90 Å². The number of hydrogen-bond donors (Lipinski definition) is 1. The molecule has 1 N–H and O–H groups in total. The molecule has 3 nitrogen and oxygen atoms in total. The van der Waals surface area contributed by atoms with E-state index >= 15 is 0 Å². The van der Waals surface area contributed by atoms with Gasteiger partial charge in [-0.25, -0.2) is 0 Å². The summed E-state index contributed by atoms with van der Waals surface area (Å²) in [5.41, 5.74) is 0. The summed E-state index contributed by atoms with van der Waals surface area (Å²) in [7, 11) is 1.90. The third-order valence-corrected chi connectivity index (χ3v) is 3.88. The highest BCUT2D eigenvalue weighted by Crippen LogP contribution is 2.11. The van der Waals surface area contributed by atoms with Gasteiger partial charge in [0.1, 0.15) is 6.04 Å². The topological polar surface area (TPSA) is 40.5 Å². The predicted octanol–water partition coefficient (Wildman–Crippen LogP) is 4.93. The van der Waals surface area contributed by atoms with Crippen LogP contribution in [0.1, 0.15) is 78.1 Å². The number of nitrogens with zero attached hydrogens (tertiary/aromatic N) is 1. The first-order chi connectivity index (χ1) is 9.09. The molecule has 0 radical (unpaired) electrons. The van der Waals surface area contributed by atoms with Crippen molar-refractivity contribution in [3.63, 3.8) is 0 Å². The lowest BCUT2D eigenvalue weighted by Crippen LogP contribution is -2.36. The van der Waals surface area contributed by atoms with Gasteiger partial charge >= 0.3 is 5.97 Å². The number of carboxylic acids is 1. The Morgan fingerprint density at radius 3 is 1.75 bits per heavy atom. The lowest BCUT2D eigenvalue weighted by Gasteiger charge is -2.20. The lowest BCUT2D eigenvalue weighted by atomic mass is 10.1. The normalized spacial score (nSPS) is 12.2. The highest BCUT2D eigenvalue weighted by atomic mass is 127. The average molecular weight is 399 g/mol. The first-order valence-corrected chi connectivity index (χ1v) is 8.02. The second kappa shape index (κ2) is 15.5. The minimum Gasteiger partial charge on any atom is -0.480 e. The van der Waals surface area contributed by atoms with Crippen LogP contribution in [0.25, 0.3) is 0 Å². The first kappa shape index (κ1) is 22.4. The number of aliphatic carboxylic acids is 1. The Hall–Kier alpha value is 0.160. The highest BCUT2D eigenvalue weighted by molar-refractivity contribution is 14.0. The molecule has 4 heteroatoms. The van der Waals surface area contributed by atoms with Gasteiger partial charge in [0, 0.05) is 0 Å². The summed E-state index contributed by atoms with van der Waals surface area (Å²) < 4.78 is 0. The Bertz CT molecular complexity index is 225. The molecule has 1 atom stereocenters. The van der Waals surface area contributed by atoms with Crippen molar-refractivity contribution in [2.75, 3.05) is 13.6 Å². The predicted molar refractivity (Wildman–Crippen MR) is 97.0 cm³/mol. The Morgan fingerprint density at radius 1 is 0.950 bits per heavy atom. The summed E-state index contributed by atoms with van der Waals surface area (Å²) in [6.07, 6.45) is 13.2. The number of rotatable bonds is 13. The Morgan fingerprint density at radius 2 is 1.35 bits per heavy atom. The molecule has 0 heterocycles. The molecule has 0 aliphatic heterocycles. The van der Waals surface area contributed by atoms with Gasteiger partial charge in [0.05, 0.1) is 0 Å². The largest absolute Gasteiger partial charge is 0.480 e. The number of hydrogen-bond acceptors (Lipinski definition) is 2. The van der Waals surface area contributed by atoms with Crippen LogP contribution in [-0.4, -0.2) is 35.6 Å². The fraction of sp³-hybridized carbons (Fsp3) is 0.938. The summed E-state index contributed by atoms with van der Waals surface area (Å²) in [6, 6.07) is -0.362. The zero-order valence-corrected chi connectivity index (χ0v) is 15.9. The van der Waals surface area contributed by atoms with E-state index in [1.807, 2.05) is 11.9 Å². The van der Waals surface area contributed by atoms with Crippen LogP contribution in [0.15, 0.2) is 0 Å². The molecule has 1 unspecified atom stereocenters. The zero-order valence-electron chi connectivity index (χ0n) is 13.6. The van der Waals surface area contributed by atoms with E-state index in [-0.39, 0.29) is 30.0 Å². The maximum absolute atomic E-state index is 10.8. The van der Waals surface area contributed by atoms with Crippen molar-refractivity contribution in [3.05, 3.63) is 0 Å². The van der Waals surface area contributed by atoms with Crippen LogP contribution in [0.2, 0.25) is 0 Å². The van der Waals surface area contributed by atoms with Crippen LogP contribution in [0.3, 0.4) is 0 Å². The average Bonchev–Trinajstić information content (AvgIpc) is 2.39. The van der Waals surface area contributed by atoms with E-state index in [0.29, 0.717) is 0 Å². The molecular weight excluding hydrogens is 365 g/mol. The van der Waals surface area contributed by atoms with Crippen LogP contribution in [-0.2, 0) is 4.79 Å². The third kappa shape index (κ3) is 13.2. The molecule has 0 bridgehead atoms. The molecular formula is C16H34INO2. The van der Waals surface area contributed by atoms with Gasteiger partial charge in [-0.2, -0.15) is 0 Å². The lowest BCUT2D eigenvalue weighted by molar-refractivity contribution is -0.142.